The van der Waals surface area contributed by atoms with Crippen molar-refractivity contribution in [3.8, 4) is 11.1 Å². The summed E-state index contributed by atoms with van der Waals surface area (Å²) < 4.78 is 7.71. The third kappa shape index (κ3) is 5.46. The number of ether oxygens (including phenoxy) is 1. The molecule has 0 bridgehead atoms. The zero-order valence-electron chi connectivity index (χ0n) is 18.0. The van der Waals surface area contributed by atoms with E-state index >= 15 is 0 Å². The van der Waals surface area contributed by atoms with Crippen LogP contribution in [0, 0.1) is 0 Å². The summed E-state index contributed by atoms with van der Waals surface area (Å²) in [6.07, 6.45) is 12.4. The number of hydrogen-bond acceptors (Lipinski definition) is 5. The van der Waals surface area contributed by atoms with Crippen molar-refractivity contribution in [3.63, 3.8) is 0 Å². The summed E-state index contributed by atoms with van der Waals surface area (Å²) in [6.45, 7) is 5.24. The minimum absolute atomic E-state index is 0.156. The standard InChI is InChI=1S/C23H33N5O2/c1-26-17-20(16-25-26)19-8-9-21(24-15-19)22-18-28(13-14-30-22)23(29)7-6-12-27-10-4-2-3-5-11-27/h8-9,15-17,22H,2-7,10-14,18H2,1H3/t22-/m1/s1. The topological polar surface area (TPSA) is 63.5 Å². The van der Waals surface area contributed by atoms with Crippen LogP contribution in [0.15, 0.2) is 30.7 Å². The lowest BCUT2D eigenvalue weighted by Crippen LogP contribution is -2.42. The van der Waals surface area contributed by atoms with Crippen LogP contribution in [-0.2, 0) is 16.6 Å². The first-order valence-corrected chi connectivity index (χ1v) is 11.3. The SMILES string of the molecule is Cn1cc(-c2ccc([C@H]3CN(C(=O)CCCN4CCCCCC4)CCO3)nc2)cn1. The Labute approximate surface area is 179 Å². The molecule has 162 valence electrons. The van der Waals surface area contributed by atoms with E-state index in [1.165, 1.54) is 38.8 Å². The molecule has 4 rings (SSSR count). The second-order valence-corrected chi connectivity index (χ2v) is 8.43. The zero-order valence-corrected chi connectivity index (χ0v) is 18.0. The van der Waals surface area contributed by atoms with E-state index in [0.717, 1.165) is 29.8 Å². The number of carbonyl (C=O) groups is 1. The summed E-state index contributed by atoms with van der Waals surface area (Å²) in [5, 5.41) is 4.21. The molecule has 0 saturated carbocycles. The van der Waals surface area contributed by atoms with E-state index in [9.17, 15) is 4.79 Å². The highest BCUT2D eigenvalue weighted by atomic mass is 16.5. The average molecular weight is 412 g/mol. The van der Waals surface area contributed by atoms with Crippen molar-refractivity contribution in [1.29, 1.82) is 0 Å². The van der Waals surface area contributed by atoms with Gasteiger partial charge in [-0.05, 0) is 45.0 Å². The molecule has 2 aliphatic rings. The van der Waals surface area contributed by atoms with Crippen LogP contribution in [0.5, 0.6) is 0 Å². The monoisotopic (exact) mass is 411 g/mol. The van der Waals surface area contributed by atoms with E-state index < -0.39 is 0 Å². The number of hydrogen-bond donors (Lipinski definition) is 0. The van der Waals surface area contributed by atoms with Crippen LogP contribution in [0.1, 0.15) is 50.3 Å². The molecule has 1 amide bonds. The Morgan fingerprint density at radius 2 is 1.93 bits per heavy atom. The van der Waals surface area contributed by atoms with Crippen molar-refractivity contribution in [2.24, 2.45) is 7.05 Å². The zero-order chi connectivity index (χ0) is 20.8. The van der Waals surface area contributed by atoms with Gasteiger partial charge in [0.25, 0.3) is 0 Å². The van der Waals surface area contributed by atoms with Gasteiger partial charge in [0.15, 0.2) is 0 Å². The van der Waals surface area contributed by atoms with Crippen molar-refractivity contribution >= 4 is 5.91 Å². The molecule has 4 heterocycles. The predicted molar refractivity (Wildman–Crippen MR) is 116 cm³/mol. The Morgan fingerprint density at radius 3 is 2.63 bits per heavy atom. The first kappa shape index (κ1) is 21.0. The Morgan fingerprint density at radius 1 is 1.10 bits per heavy atom. The maximum absolute atomic E-state index is 12.7. The van der Waals surface area contributed by atoms with Gasteiger partial charge in [0.1, 0.15) is 6.10 Å². The summed E-state index contributed by atoms with van der Waals surface area (Å²) in [5.41, 5.74) is 2.95. The van der Waals surface area contributed by atoms with Crippen LogP contribution in [0.2, 0.25) is 0 Å². The van der Waals surface area contributed by atoms with Gasteiger partial charge in [-0.25, -0.2) is 0 Å². The molecule has 2 fully saturated rings. The van der Waals surface area contributed by atoms with Crippen LogP contribution < -0.4 is 0 Å². The maximum atomic E-state index is 12.7. The number of amides is 1. The van der Waals surface area contributed by atoms with Crippen molar-refractivity contribution in [2.45, 2.75) is 44.6 Å². The van der Waals surface area contributed by atoms with Gasteiger partial charge >= 0.3 is 0 Å². The molecule has 7 nitrogen and oxygen atoms in total. The normalized spacial score (nSPS) is 20.8. The highest BCUT2D eigenvalue weighted by molar-refractivity contribution is 5.76. The van der Waals surface area contributed by atoms with Gasteiger partial charge in [0.05, 0.1) is 25.0 Å². The van der Waals surface area contributed by atoms with Gasteiger partial charge in [-0.1, -0.05) is 18.9 Å². The van der Waals surface area contributed by atoms with Gasteiger partial charge in [-0.2, -0.15) is 5.10 Å². The summed E-state index contributed by atoms with van der Waals surface area (Å²) in [5.74, 6) is 0.241. The van der Waals surface area contributed by atoms with E-state index in [0.29, 0.717) is 26.1 Å². The van der Waals surface area contributed by atoms with Gasteiger partial charge in [0.2, 0.25) is 5.91 Å². The Bertz CT molecular complexity index is 811. The van der Waals surface area contributed by atoms with Gasteiger partial charge in [-0.15, -0.1) is 0 Å². The second-order valence-electron chi connectivity index (χ2n) is 8.43. The van der Waals surface area contributed by atoms with E-state index in [4.69, 9.17) is 4.74 Å². The van der Waals surface area contributed by atoms with E-state index in [2.05, 4.69) is 15.0 Å². The molecule has 0 spiro atoms. The highest BCUT2D eigenvalue weighted by Gasteiger charge is 2.26. The first-order chi connectivity index (χ1) is 14.7. The number of aryl methyl sites for hydroxylation is 1. The first-order valence-electron chi connectivity index (χ1n) is 11.3. The Balaban J connectivity index is 1.27. The average Bonchev–Trinajstić information content (AvgIpc) is 3.05. The maximum Gasteiger partial charge on any atom is 0.222 e. The Kier molecular flexibility index (Phi) is 7.12. The number of carbonyl (C=O) groups excluding carboxylic acids is 1. The summed E-state index contributed by atoms with van der Waals surface area (Å²) in [7, 11) is 1.90. The quantitative estimate of drug-likeness (QED) is 0.731. The minimum atomic E-state index is -0.156. The number of pyridine rings is 1. The molecular weight excluding hydrogens is 378 g/mol. The molecular formula is C23H33N5O2. The molecule has 2 aliphatic heterocycles. The second kappa shape index (κ2) is 10.2. The molecule has 7 heteroatoms. The smallest absolute Gasteiger partial charge is 0.222 e. The fourth-order valence-electron chi connectivity index (χ4n) is 4.36. The number of likely N-dealkylation sites (tertiary alicyclic amines) is 1. The van der Waals surface area contributed by atoms with Crippen LogP contribution in [0.3, 0.4) is 0 Å². The van der Waals surface area contributed by atoms with Crippen molar-refractivity contribution in [3.05, 3.63) is 36.4 Å². The lowest BCUT2D eigenvalue weighted by Gasteiger charge is -2.33. The molecule has 0 radical (unpaired) electrons. The molecule has 0 unspecified atom stereocenters. The van der Waals surface area contributed by atoms with Crippen molar-refractivity contribution < 1.29 is 9.53 Å². The highest BCUT2D eigenvalue weighted by Crippen LogP contribution is 2.24. The minimum Gasteiger partial charge on any atom is -0.368 e. The third-order valence-electron chi connectivity index (χ3n) is 6.14. The molecule has 2 aromatic rings. The number of rotatable bonds is 6. The van der Waals surface area contributed by atoms with E-state index in [-0.39, 0.29) is 12.0 Å². The van der Waals surface area contributed by atoms with E-state index in [1.807, 2.05) is 42.7 Å². The van der Waals surface area contributed by atoms with E-state index in [1.54, 1.807) is 4.68 Å². The van der Waals surface area contributed by atoms with Crippen LogP contribution >= 0.6 is 0 Å². The fourth-order valence-corrected chi connectivity index (χ4v) is 4.36. The molecule has 2 saturated heterocycles. The van der Waals surface area contributed by atoms with Crippen molar-refractivity contribution in [1.82, 2.24) is 24.6 Å². The summed E-state index contributed by atoms with van der Waals surface area (Å²) >= 11 is 0. The molecule has 0 N–H and O–H groups in total. The van der Waals surface area contributed by atoms with Gasteiger partial charge in [-0.3, -0.25) is 14.5 Å². The molecule has 2 aromatic heterocycles. The van der Waals surface area contributed by atoms with Crippen LogP contribution in [0.25, 0.3) is 11.1 Å². The molecule has 0 aliphatic carbocycles. The lowest BCUT2D eigenvalue weighted by molar-refractivity contribution is -0.139. The number of nitrogens with zero attached hydrogens (tertiary/aromatic N) is 5. The number of aromatic nitrogens is 3. The van der Waals surface area contributed by atoms with Gasteiger partial charge in [0, 0.05) is 43.5 Å². The molecule has 1 atom stereocenters. The van der Waals surface area contributed by atoms with Gasteiger partial charge < -0.3 is 14.5 Å². The predicted octanol–water partition coefficient (Wildman–Crippen LogP) is 3.04. The summed E-state index contributed by atoms with van der Waals surface area (Å²) in [6, 6.07) is 4.05. The summed E-state index contributed by atoms with van der Waals surface area (Å²) in [4.78, 5) is 21.8. The molecule has 0 aromatic carbocycles. The van der Waals surface area contributed by atoms with Crippen LogP contribution in [-0.4, -0.2) is 69.8 Å². The fraction of sp³-hybridized carbons (Fsp3) is 0.609. The third-order valence-corrected chi connectivity index (χ3v) is 6.14. The van der Waals surface area contributed by atoms with Crippen LogP contribution in [0.4, 0.5) is 0 Å². The number of morpholine rings is 1. The lowest BCUT2D eigenvalue weighted by atomic mass is 10.1. The Hall–Kier alpha value is -2.25. The van der Waals surface area contributed by atoms with Crippen molar-refractivity contribution in [2.75, 3.05) is 39.3 Å². The largest absolute Gasteiger partial charge is 0.368 e. The molecule has 30 heavy (non-hydrogen) atoms.